The number of thiocarbonyl (C=S) groups is 1. The van der Waals surface area contributed by atoms with Gasteiger partial charge in [0.2, 0.25) is 0 Å². The van der Waals surface area contributed by atoms with Gasteiger partial charge in [0.25, 0.3) is 0 Å². The van der Waals surface area contributed by atoms with E-state index in [9.17, 15) is 0 Å². The summed E-state index contributed by atoms with van der Waals surface area (Å²) in [6, 6.07) is 0. The number of nitrogens with two attached hydrogens (primary N) is 1. The Morgan fingerprint density at radius 1 is 1.43 bits per heavy atom. The van der Waals surface area contributed by atoms with E-state index in [1.165, 1.54) is 0 Å². The van der Waals surface area contributed by atoms with Crippen LogP contribution in [0.15, 0.2) is 0 Å². The number of nitrogens with zero attached hydrogens (tertiary/aromatic N) is 1. The van der Waals surface area contributed by atoms with Crippen LogP contribution in [-0.4, -0.2) is 54.4 Å². The van der Waals surface area contributed by atoms with Crippen molar-refractivity contribution in [2.75, 3.05) is 39.5 Å². The predicted octanol–water partition coefficient (Wildman–Crippen LogP) is -0.00660. The lowest BCUT2D eigenvalue weighted by atomic mass is 10.3. The average molecular weight is 220 g/mol. The fraction of sp³-hybridized carbons (Fsp3) is 0.889. The summed E-state index contributed by atoms with van der Waals surface area (Å²) < 4.78 is 5.17. The Bertz CT molecular complexity index is 156. The SMILES string of the molecule is CCN(CCOCCO)CCC(N)=S. The average Bonchev–Trinajstić information content (AvgIpc) is 2.16. The first-order valence-corrected chi connectivity index (χ1v) is 5.30. The molecule has 84 valence electrons. The van der Waals surface area contributed by atoms with E-state index >= 15 is 0 Å². The van der Waals surface area contributed by atoms with Crippen LogP contribution in [0, 0.1) is 0 Å². The quantitative estimate of drug-likeness (QED) is 0.423. The zero-order valence-electron chi connectivity index (χ0n) is 8.74. The Kier molecular flexibility index (Phi) is 9.18. The molecule has 0 amide bonds. The van der Waals surface area contributed by atoms with Crippen molar-refractivity contribution in [3.63, 3.8) is 0 Å². The van der Waals surface area contributed by atoms with E-state index in [2.05, 4.69) is 11.8 Å². The predicted molar refractivity (Wildman–Crippen MR) is 61.4 cm³/mol. The summed E-state index contributed by atoms with van der Waals surface area (Å²) in [4.78, 5) is 2.77. The number of hydrogen-bond acceptors (Lipinski definition) is 4. The topological polar surface area (TPSA) is 58.7 Å². The van der Waals surface area contributed by atoms with Gasteiger partial charge in [0, 0.05) is 19.5 Å². The van der Waals surface area contributed by atoms with Gasteiger partial charge in [-0.3, -0.25) is 0 Å². The van der Waals surface area contributed by atoms with Crippen molar-refractivity contribution in [2.45, 2.75) is 13.3 Å². The highest BCUT2D eigenvalue weighted by Gasteiger charge is 2.02. The molecule has 0 spiro atoms. The monoisotopic (exact) mass is 220 g/mol. The van der Waals surface area contributed by atoms with Crippen molar-refractivity contribution in [1.29, 1.82) is 0 Å². The largest absolute Gasteiger partial charge is 0.394 e. The second-order valence-electron chi connectivity index (χ2n) is 2.99. The van der Waals surface area contributed by atoms with Crippen LogP contribution < -0.4 is 5.73 Å². The summed E-state index contributed by atoms with van der Waals surface area (Å²) in [5.74, 6) is 0. The van der Waals surface area contributed by atoms with Gasteiger partial charge in [-0.2, -0.15) is 0 Å². The van der Waals surface area contributed by atoms with Crippen LogP contribution in [0.1, 0.15) is 13.3 Å². The van der Waals surface area contributed by atoms with Crippen LogP contribution in [0.4, 0.5) is 0 Å². The first-order valence-electron chi connectivity index (χ1n) is 4.90. The molecule has 0 aromatic rings. The van der Waals surface area contributed by atoms with Crippen molar-refractivity contribution in [1.82, 2.24) is 4.90 Å². The standard InChI is InChI=1S/C9H20N2O2S/c1-2-11(4-3-9(10)14)5-7-13-8-6-12/h12H,2-8H2,1H3,(H2,10,14). The second-order valence-corrected chi connectivity index (χ2v) is 3.51. The molecule has 0 unspecified atom stereocenters. The van der Waals surface area contributed by atoms with E-state index in [4.69, 9.17) is 27.8 Å². The molecule has 0 saturated heterocycles. The minimum absolute atomic E-state index is 0.0824. The number of hydrogen-bond donors (Lipinski definition) is 2. The number of ether oxygens (including phenoxy) is 1. The molecule has 0 bridgehead atoms. The maximum Gasteiger partial charge on any atom is 0.0740 e. The molecule has 0 aliphatic heterocycles. The van der Waals surface area contributed by atoms with Crippen molar-refractivity contribution >= 4 is 17.2 Å². The Labute approximate surface area is 91.0 Å². The van der Waals surface area contributed by atoms with E-state index in [1.807, 2.05) is 0 Å². The summed E-state index contributed by atoms with van der Waals surface area (Å²) in [5.41, 5.74) is 5.41. The number of aliphatic hydroxyl groups is 1. The van der Waals surface area contributed by atoms with Crippen LogP contribution in [0.3, 0.4) is 0 Å². The third kappa shape index (κ3) is 8.37. The zero-order chi connectivity index (χ0) is 10.8. The van der Waals surface area contributed by atoms with Crippen LogP contribution in [-0.2, 0) is 4.74 Å². The van der Waals surface area contributed by atoms with E-state index in [0.29, 0.717) is 18.2 Å². The lowest BCUT2D eigenvalue weighted by Gasteiger charge is -2.19. The molecule has 5 heteroatoms. The van der Waals surface area contributed by atoms with Gasteiger partial charge in [0.1, 0.15) is 0 Å². The molecule has 0 rings (SSSR count). The minimum atomic E-state index is 0.0824. The van der Waals surface area contributed by atoms with Gasteiger partial charge in [-0.1, -0.05) is 19.1 Å². The van der Waals surface area contributed by atoms with Gasteiger partial charge in [0.05, 0.1) is 24.8 Å². The molecule has 4 nitrogen and oxygen atoms in total. The molecule has 0 fully saturated rings. The summed E-state index contributed by atoms with van der Waals surface area (Å²) in [7, 11) is 0. The van der Waals surface area contributed by atoms with Gasteiger partial charge in [-0.25, -0.2) is 0 Å². The molecular weight excluding hydrogens is 200 g/mol. The summed E-state index contributed by atoms with van der Waals surface area (Å²) in [6.07, 6.45) is 0.753. The lowest BCUT2D eigenvalue weighted by Crippen LogP contribution is -2.30. The van der Waals surface area contributed by atoms with Crippen molar-refractivity contribution < 1.29 is 9.84 Å². The second kappa shape index (κ2) is 9.33. The first-order chi connectivity index (χ1) is 6.70. The molecule has 0 aromatic carbocycles. The van der Waals surface area contributed by atoms with Crippen molar-refractivity contribution in [3.8, 4) is 0 Å². The molecule has 3 N–H and O–H groups in total. The van der Waals surface area contributed by atoms with E-state index < -0.39 is 0 Å². The van der Waals surface area contributed by atoms with E-state index in [-0.39, 0.29) is 6.61 Å². The Hall–Kier alpha value is -0.230. The molecule has 0 aromatic heterocycles. The van der Waals surface area contributed by atoms with Crippen LogP contribution in [0.5, 0.6) is 0 Å². The van der Waals surface area contributed by atoms with Gasteiger partial charge in [0.15, 0.2) is 0 Å². The summed E-state index contributed by atoms with van der Waals surface area (Å²) >= 11 is 4.80. The zero-order valence-corrected chi connectivity index (χ0v) is 9.55. The summed E-state index contributed by atoms with van der Waals surface area (Å²) in [6.45, 7) is 5.93. The molecule has 0 atom stereocenters. The maximum absolute atomic E-state index is 8.49. The molecule has 0 heterocycles. The van der Waals surface area contributed by atoms with Crippen LogP contribution >= 0.6 is 12.2 Å². The highest BCUT2D eigenvalue weighted by atomic mass is 32.1. The maximum atomic E-state index is 8.49. The number of likely N-dealkylation sites (N-methyl/N-ethyl adjacent to an activating group) is 1. The molecule has 0 radical (unpaired) electrons. The first kappa shape index (κ1) is 13.8. The van der Waals surface area contributed by atoms with Crippen LogP contribution in [0.25, 0.3) is 0 Å². The van der Waals surface area contributed by atoms with Crippen molar-refractivity contribution in [3.05, 3.63) is 0 Å². The highest BCUT2D eigenvalue weighted by molar-refractivity contribution is 7.80. The highest BCUT2D eigenvalue weighted by Crippen LogP contribution is 1.92. The molecule has 14 heavy (non-hydrogen) atoms. The lowest BCUT2D eigenvalue weighted by molar-refractivity contribution is 0.0752. The van der Waals surface area contributed by atoms with Gasteiger partial charge < -0.3 is 20.5 Å². The van der Waals surface area contributed by atoms with Gasteiger partial charge in [-0.15, -0.1) is 0 Å². The molecule has 0 saturated carbocycles. The summed E-state index contributed by atoms with van der Waals surface area (Å²) in [5, 5.41) is 8.49. The van der Waals surface area contributed by atoms with Crippen molar-refractivity contribution in [2.24, 2.45) is 5.73 Å². The Balaban J connectivity index is 3.42. The normalized spacial score (nSPS) is 10.8. The molecule has 0 aliphatic carbocycles. The Morgan fingerprint density at radius 3 is 2.64 bits per heavy atom. The minimum Gasteiger partial charge on any atom is -0.394 e. The number of rotatable bonds is 9. The third-order valence-corrected chi connectivity index (χ3v) is 2.11. The number of aliphatic hydroxyl groups excluding tert-OH is 1. The molecular formula is C9H20N2O2S. The fourth-order valence-electron chi connectivity index (χ4n) is 1.06. The van der Waals surface area contributed by atoms with Crippen LogP contribution in [0.2, 0.25) is 0 Å². The molecule has 0 aliphatic rings. The third-order valence-electron chi connectivity index (χ3n) is 1.91. The fourth-order valence-corrected chi connectivity index (χ4v) is 1.15. The van der Waals surface area contributed by atoms with Gasteiger partial charge in [-0.05, 0) is 6.54 Å². The van der Waals surface area contributed by atoms with Gasteiger partial charge >= 0.3 is 0 Å². The Morgan fingerprint density at radius 2 is 2.14 bits per heavy atom. The van der Waals surface area contributed by atoms with E-state index in [0.717, 1.165) is 26.1 Å². The van der Waals surface area contributed by atoms with E-state index in [1.54, 1.807) is 0 Å². The smallest absolute Gasteiger partial charge is 0.0740 e.